The van der Waals surface area contributed by atoms with Gasteiger partial charge in [-0.3, -0.25) is 14.5 Å². The first kappa shape index (κ1) is 22.6. The molecule has 2 saturated heterocycles. The predicted molar refractivity (Wildman–Crippen MR) is 119 cm³/mol. The van der Waals surface area contributed by atoms with Crippen molar-refractivity contribution in [1.29, 1.82) is 0 Å². The molecule has 0 radical (unpaired) electrons. The van der Waals surface area contributed by atoms with E-state index in [0.717, 1.165) is 45.7 Å². The number of morpholine rings is 1. The molecule has 3 fully saturated rings. The minimum absolute atomic E-state index is 0.0222. The Bertz CT molecular complexity index is 768. The van der Waals surface area contributed by atoms with Crippen molar-refractivity contribution in [2.24, 2.45) is 5.92 Å². The zero-order valence-electron chi connectivity index (χ0n) is 17.9. The van der Waals surface area contributed by atoms with Crippen molar-refractivity contribution in [3.8, 4) is 0 Å². The van der Waals surface area contributed by atoms with Crippen LogP contribution in [0.3, 0.4) is 0 Å². The summed E-state index contributed by atoms with van der Waals surface area (Å²) < 4.78 is 19.2. The molecular formula is C23H32FN3O3S. The molecule has 2 heterocycles. The molecule has 0 spiro atoms. The van der Waals surface area contributed by atoms with Crippen molar-refractivity contribution < 1.29 is 18.7 Å². The second kappa shape index (κ2) is 10.8. The van der Waals surface area contributed by atoms with Gasteiger partial charge >= 0.3 is 0 Å². The zero-order valence-corrected chi connectivity index (χ0v) is 18.7. The maximum absolute atomic E-state index is 13.8. The van der Waals surface area contributed by atoms with E-state index in [1.165, 1.54) is 31.4 Å². The van der Waals surface area contributed by atoms with Crippen LogP contribution >= 0.6 is 11.8 Å². The third-order valence-electron chi connectivity index (χ3n) is 6.53. The van der Waals surface area contributed by atoms with Crippen LogP contribution < -0.4 is 5.32 Å². The van der Waals surface area contributed by atoms with Gasteiger partial charge in [0.2, 0.25) is 5.91 Å². The minimum Gasteiger partial charge on any atom is -0.379 e. The fraction of sp³-hybridized carbons (Fsp3) is 0.652. The van der Waals surface area contributed by atoms with Crippen LogP contribution in [-0.4, -0.2) is 78.2 Å². The standard InChI is InChI=1S/C23H32FN3O3S/c24-19-8-4-7-18(15-19)22(29)27-20(16-31-23(27)17-5-2-1-3-6-17)21(28)25-9-10-26-11-13-30-14-12-26/h4,7-8,15,17,20,23H,1-3,5-6,9-14,16H2,(H,25,28)/t20-,23+/m0/s1. The van der Waals surface area contributed by atoms with Crippen LogP contribution in [0.4, 0.5) is 4.39 Å². The van der Waals surface area contributed by atoms with Gasteiger partial charge in [0, 0.05) is 37.5 Å². The summed E-state index contributed by atoms with van der Waals surface area (Å²) in [6.07, 6.45) is 5.73. The number of nitrogens with zero attached hydrogens (tertiary/aromatic N) is 2. The molecule has 8 heteroatoms. The van der Waals surface area contributed by atoms with E-state index in [9.17, 15) is 14.0 Å². The average Bonchev–Trinajstić information content (AvgIpc) is 3.25. The van der Waals surface area contributed by atoms with Crippen LogP contribution in [0.2, 0.25) is 0 Å². The summed E-state index contributed by atoms with van der Waals surface area (Å²) in [6, 6.07) is 5.29. The fourth-order valence-corrected chi connectivity index (χ4v) is 6.46. The second-order valence-electron chi connectivity index (χ2n) is 8.61. The Hall–Kier alpha value is -1.64. The van der Waals surface area contributed by atoms with E-state index in [1.807, 2.05) is 0 Å². The molecule has 1 saturated carbocycles. The van der Waals surface area contributed by atoms with Crippen LogP contribution in [0, 0.1) is 11.7 Å². The molecule has 2 aliphatic heterocycles. The molecule has 3 aliphatic rings. The molecule has 6 nitrogen and oxygen atoms in total. The number of carbonyl (C=O) groups is 2. The van der Waals surface area contributed by atoms with Crippen molar-refractivity contribution in [2.45, 2.75) is 43.5 Å². The lowest BCUT2D eigenvalue weighted by atomic mass is 9.88. The molecule has 1 aromatic rings. The van der Waals surface area contributed by atoms with Gasteiger partial charge in [-0.25, -0.2) is 4.39 Å². The normalized spacial score (nSPS) is 25.5. The first-order chi connectivity index (χ1) is 15.1. The number of carbonyl (C=O) groups excluding carboxylic acids is 2. The lowest BCUT2D eigenvalue weighted by molar-refractivity contribution is -0.125. The molecule has 2 atom stereocenters. The van der Waals surface area contributed by atoms with Crippen molar-refractivity contribution in [3.63, 3.8) is 0 Å². The Labute approximate surface area is 187 Å². The number of ether oxygens (including phenoxy) is 1. The largest absolute Gasteiger partial charge is 0.379 e. The smallest absolute Gasteiger partial charge is 0.255 e. The highest BCUT2D eigenvalue weighted by Crippen LogP contribution is 2.41. The third kappa shape index (κ3) is 5.59. The van der Waals surface area contributed by atoms with Gasteiger partial charge in [0.05, 0.1) is 18.6 Å². The first-order valence-corrected chi connectivity index (χ1v) is 12.5. The van der Waals surface area contributed by atoms with Crippen LogP contribution in [0.1, 0.15) is 42.5 Å². The summed E-state index contributed by atoms with van der Waals surface area (Å²) in [6.45, 7) is 4.54. The van der Waals surface area contributed by atoms with Gasteiger partial charge in [0.1, 0.15) is 11.9 Å². The number of halogens is 1. The van der Waals surface area contributed by atoms with Gasteiger partial charge in [-0.05, 0) is 37.0 Å². The van der Waals surface area contributed by atoms with Crippen molar-refractivity contribution in [3.05, 3.63) is 35.6 Å². The van der Waals surface area contributed by atoms with Gasteiger partial charge in [-0.1, -0.05) is 25.3 Å². The highest BCUT2D eigenvalue weighted by Gasteiger charge is 2.45. The van der Waals surface area contributed by atoms with Crippen LogP contribution in [0.15, 0.2) is 24.3 Å². The van der Waals surface area contributed by atoms with E-state index in [0.29, 0.717) is 23.8 Å². The summed E-state index contributed by atoms with van der Waals surface area (Å²) in [4.78, 5) is 30.5. The molecule has 0 aromatic heterocycles. The molecule has 170 valence electrons. The van der Waals surface area contributed by atoms with Gasteiger partial charge in [0.25, 0.3) is 5.91 Å². The first-order valence-electron chi connectivity index (χ1n) is 11.4. The van der Waals surface area contributed by atoms with Crippen LogP contribution in [0.5, 0.6) is 0 Å². The molecule has 1 aromatic carbocycles. The Morgan fingerprint density at radius 2 is 1.94 bits per heavy atom. The molecule has 1 aliphatic carbocycles. The Kier molecular flexibility index (Phi) is 7.85. The predicted octanol–water partition coefficient (Wildman–Crippen LogP) is 2.74. The van der Waals surface area contributed by atoms with E-state index in [2.05, 4.69) is 10.2 Å². The van der Waals surface area contributed by atoms with Crippen molar-refractivity contribution in [1.82, 2.24) is 15.1 Å². The number of rotatable bonds is 6. The Morgan fingerprint density at radius 1 is 1.16 bits per heavy atom. The fourth-order valence-electron chi connectivity index (χ4n) is 4.82. The monoisotopic (exact) mass is 449 g/mol. The molecule has 0 unspecified atom stereocenters. The topological polar surface area (TPSA) is 61.9 Å². The van der Waals surface area contributed by atoms with Gasteiger partial charge in [-0.15, -0.1) is 11.8 Å². The maximum atomic E-state index is 13.8. The van der Waals surface area contributed by atoms with E-state index < -0.39 is 11.9 Å². The number of nitrogens with one attached hydrogen (secondary N) is 1. The molecule has 31 heavy (non-hydrogen) atoms. The molecule has 1 N–H and O–H groups in total. The lowest BCUT2D eigenvalue weighted by Gasteiger charge is -2.35. The Morgan fingerprint density at radius 3 is 2.68 bits per heavy atom. The van der Waals surface area contributed by atoms with E-state index in [4.69, 9.17) is 4.74 Å². The van der Waals surface area contributed by atoms with Gasteiger partial charge in [0.15, 0.2) is 0 Å². The molecular weight excluding hydrogens is 417 g/mol. The highest BCUT2D eigenvalue weighted by molar-refractivity contribution is 8.00. The van der Waals surface area contributed by atoms with Crippen LogP contribution in [-0.2, 0) is 9.53 Å². The highest BCUT2D eigenvalue weighted by atomic mass is 32.2. The third-order valence-corrected chi connectivity index (χ3v) is 7.99. The number of hydrogen-bond donors (Lipinski definition) is 1. The van der Waals surface area contributed by atoms with Gasteiger partial charge < -0.3 is 15.0 Å². The molecule has 2 amide bonds. The van der Waals surface area contributed by atoms with Crippen LogP contribution in [0.25, 0.3) is 0 Å². The average molecular weight is 450 g/mol. The Balaban J connectivity index is 1.45. The van der Waals surface area contributed by atoms with Crippen molar-refractivity contribution in [2.75, 3.05) is 45.1 Å². The maximum Gasteiger partial charge on any atom is 0.255 e. The molecule has 4 rings (SSSR count). The summed E-state index contributed by atoms with van der Waals surface area (Å²) in [5.41, 5.74) is 0.314. The minimum atomic E-state index is -0.516. The van der Waals surface area contributed by atoms with E-state index in [1.54, 1.807) is 28.8 Å². The summed E-state index contributed by atoms with van der Waals surface area (Å²) in [5, 5.41) is 3.02. The number of amides is 2. The quantitative estimate of drug-likeness (QED) is 0.724. The molecule has 0 bridgehead atoms. The van der Waals surface area contributed by atoms with E-state index >= 15 is 0 Å². The summed E-state index contributed by atoms with van der Waals surface area (Å²) >= 11 is 1.71. The summed E-state index contributed by atoms with van der Waals surface area (Å²) in [5.74, 6) is 0.198. The number of benzene rings is 1. The lowest BCUT2D eigenvalue weighted by Crippen LogP contribution is -2.52. The number of hydrogen-bond acceptors (Lipinski definition) is 5. The van der Waals surface area contributed by atoms with E-state index in [-0.39, 0.29) is 17.2 Å². The number of thioether (sulfide) groups is 1. The summed E-state index contributed by atoms with van der Waals surface area (Å²) in [7, 11) is 0. The van der Waals surface area contributed by atoms with Gasteiger partial charge in [-0.2, -0.15) is 0 Å². The van der Waals surface area contributed by atoms with Crippen molar-refractivity contribution >= 4 is 23.6 Å². The zero-order chi connectivity index (χ0) is 21.6. The SMILES string of the molecule is O=C(NCCN1CCOCC1)[C@@H]1CS[C@H](C2CCCCC2)N1C(=O)c1cccc(F)c1. The second-order valence-corrected chi connectivity index (χ2v) is 9.76.